The predicted octanol–water partition coefficient (Wildman–Crippen LogP) is 3.51. The molecule has 122 valence electrons. The van der Waals surface area contributed by atoms with Gasteiger partial charge in [-0.25, -0.2) is 0 Å². The van der Waals surface area contributed by atoms with Crippen LogP contribution in [0, 0.1) is 5.92 Å². The van der Waals surface area contributed by atoms with Gasteiger partial charge in [0.25, 0.3) is 0 Å². The summed E-state index contributed by atoms with van der Waals surface area (Å²) >= 11 is 6.47. The number of rotatable bonds is 4. The van der Waals surface area contributed by atoms with Gasteiger partial charge in [0, 0.05) is 35.2 Å². The third kappa shape index (κ3) is 4.28. The molecule has 3 fully saturated rings. The zero-order chi connectivity index (χ0) is 14.5. The third-order valence-corrected chi connectivity index (χ3v) is 9.00. The molecule has 0 saturated carbocycles. The molecule has 3 rings (SSSR count). The van der Waals surface area contributed by atoms with Crippen molar-refractivity contribution in [1.29, 1.82) is 0 Å². The van der Waals surface area contributed by atoms with Gasteiger partial charge in [0.05, 0.1) is 5.60 Å². The Hall–Kier alpha value is 0.970. The van der Waals surface area contributed by atoms with Gasteiger partial charge in [-0.3, -0.25) is 0 Å². The van der Waals surface area contributed by atoms with Gasteiger partial charge in [-0.15, -0.1) is 0 Å². The van der Waals surface area contributed by atoms with E-state index in [-0.39, 0.29) is 5.60 Å². The lowest BCUT2D eigenvalue weighted by Crippen LogP contribution is -2.52. The van der Waals surface area contributed by atoms with Gasteiger partial charge in [0.15, 0.2) is 0 Å². The van der Waals surface area contributed by atoms with Crippen molar-refractivity contribution in [2.45, 2.75) is 49.5 Å². The molecule has 5 heteroatoms. The van der Waals surface area contributed by atoms with E-state index < -0.39 is 0 Å². The Bertz CT molecular complexity index is 311. The van der Waals surface area contributed by atoms with Crippen molar-refractivity contribution in [3.63, 3.8) is 0 Å². The van der Waals surface area contributed by atoms with E-state index in [0.29, 0.717) is 6.04 Å². The van der Waals surface area contributed by atoms with Crippen molar-refractivity contribution in [3.05, 3.63) is 0 Å². The first-order chi connectivity index (χ1) is 10.3. The minimum absolute atomic E-state index is 0.230. The van der Waals surface area contributed by atoms with Crippen molar-refractivity contribution < 1.29 is 4.74 Å². The Kier molecular flexibility index (Phi) is 6.55. The summed E-state index contributed by atoms with van der Waals surface area (Å²) in [6, 6.07) is 0.697. The fourth-order valence-electron chi connectivity index (χ4n) is 4.01. The molecule has 0 aromatic rings. The average Bonchev–Trinajstić information content (AvgIpc) is 2.54. The van der Waals surface area contributed by atoms with Crippen LogP contribution in [0.1, 0.15) is 32.6 Å². The topological polar surface area (TPSA) is 21.3 Å². The molecule has 3 unspecified atom stereocenters. The second-order valence-electron chi connectivity index (χ2n) is 6.46. The number of ether oxygens (including phenoxy) is 1. The predicted molar refractivity (Wildman–Crippen MR) is 99.0 cm³/mol. The van der Waals surface area contributed by atoms with Crippen LogP contribution in [0.25, 0.3) is 0 Å². The number of hydrogen-bond acceptors (Lipinski definition) is 5. The molecule has 0 aromatic carbocycles. The van der Waals surface area contributed by atoms with Crippen molar-refractivity contribution in [2.75, 3.05) is 41.9 Å². The number of nitrogens with one attached hydrogen (secondary N) is 1. The first kappa shape index (κ1) is 16.8. The third-order valence-electron chi connectivity index (χ3n) is 5.13. The van der Waals surface area contributed by atoms with Gasteiger partial charge in [-0.2, -0.15) is 35.3 Å². The lowest BCUT2D eigenvalue weighted by Gasteiger charge is -2.47. The fourth-order valence-corrected chi connectivity index (χ4v) is 8.22. The second kappa shape index (κ2) is 8.18. The minimum Gasteiger partial charge on any atom is -0.375 e. The average molecular weight is 348 g/mol. The van der Waals surface area contributed by atoms with Gasteiger partial charge in [0.1, 0.15) is 0 Å². The number of thioether (sulfide) groups is 3. The molecule has 0 radical (unpaired) electrons. The van der Waals surface area contributed by atoms with E-state index in [1.54, 1.807) is 0 Å². The van der Waals surface area contributed by atoms with Crippen molar-refractivity contribution in [1.82, 2.24) is 5.32 Å². The van der Waals surface area contributed by atoms with Crippen molar-refractivity contribution in [2.24, 2.45) is 5.92 Å². The molecule has 0 aromatic heterocycles. The number of hydrogen-bond donors (Lipinski definition) is 1. The highest BCUT2D eigenvalue weighted by atomic mass is 32.2. The molecule has 1 N–H and O–H groups in total. The van der Waals surface area contributed by atoms with Crippen LogP contribution >= 0.6 is 35.3 Å². The van der Waals surface area contributed by atoms with Gasteiger partial charge in [-0.05, 0) is 49.7 Å². The maximum absolute atomic E-state index is 6.30. The normalized spacial score (nSPS) is 34.7. The van der Waals surface area contributed by atoms with Crippen LogP contribution < -0.4 is 5.32 Å². The molecule has 3 aliphatic heterocycles. The van der Waals surface area contributed by atoms with E-state index in [9.17, 15) is 0 Å². The molecular formula is C16H29NOS3. The molecule has 0 bridgehead atoms. The van der Waals surface area contributed by atoms with E-state index >= 15 is 0 Å². The summed E-state index contributed by atoms with van der Waals surface area (Å²) in [6.45, 7) is 4.36. The maximum Gasteiger partial charge on any atom is 0.0701 e. The molecule has 3 atom stereocenters. The summed E-state index contributed by atoms with van der Waals surface area (Å²) in [5.41, 5.74) is 0.230. The smallest absolute Gasteiger partial charge is 0.0701 e. The zero-order valence-electron chi connectivity index (χ0n) is 13.1. The highest BCUT2D eigenvalue weighted by Gasteiger charge is 2.42. The molecule has 3 aliphatic rings. The molecule has 2 nitrogen and oxygen atoms in total. The van der Waals surface area contributed by atoms with Crippen LogP contribution in [-0.2, 0) is 4.74 Å². The van der Waals surface area contributed by atoms with E-state index in [0.717, 1.165) is 24.3 Å². The summed E-state index contributed by atoms with van der Waals surface area (Å²) in [5, 5.41) is 4.66. The summed E-state index contributed by atoms with van der Waals surface area (Å²) < 4.78 is 6.30. The SMILES string of the molecule is CCNC(C1CCOC2(CCSCC2)C1)C1CSCCS1. The summed E-state index contributed by atoms with van der Waals surface area (Å²) in [5.74, 6) is 7.43. The Morgan fingerprint density at radius 1 is 1.19 bits per heavy atom. The van der Waals surface area contributed by atoms with Gasteiger partial charge in [0.2, 0.25) is 0 Å². The van der Waals surface area contributed by atoms with Gasteiger partial charge >= 0.3 is 0 Å². The van der Waals surface area contributed by atoms with Gasteiger partial charge < -0.3 is 10.1 Å². The first-order valence-corrected chi connectivity index (χ1v) is 11.8. The molecule has 21 heavy (non-hydrogen) atoms. The van der Waals surface area contributed by atoms with Crippen LogP contribution in [0.3, 0.4) is 0 Å². The molecular weight excluding hydrogens is 318 g/mol. The second-order valence-corrected chi connectivity index (χ2v) is 10.2. The Balaban J connectivity index is 1.66. The Morgan fingerprint density at radius 3 is 2.76 bits per heavy atom. The van der Waals surface area contributed by atoms with E-state index in [1.165, 1.54) is 54.4 Å². The van der Waals surface area contributed by atoms with Crippen LogP contribution in [0.2, 0.25) is 0 Å². The molecule has 0 amide bonds. The van der Waals surface area contributed by atoms with E-state index in [1.807, 2.05) is 0 Å². The van der Waals surface area contributed by atoms with Crippen LogP contribution in [-0.4, -0.2) is 58.8 Å². The largest absolute Gasteiger partial charge is 0.375 e. The standard InChI is InChI=1S/C16H29NOS3/c1-2-17-15(14-12-20-9-10-21-14)13-3-6-18-16(11-13)4-7-19-8-5-16/h13-15,17H,2-12H2,1H3. The highest BCUT2D eigenvalue weighted by molar-refractivity contribution is 8.06. The van der Waals surface area contributed by atoms with Crippen LogP contribution in [0.5, 0.6) is 0 Å². The Labute approximate surface area is 142 Å². The Morgan fingerprint density at radius 2 is 2.05 bits per heavy atom. The lowest BCUT2D eigenvalue weighted by molar-refractivity contribution is -0.107. The van der Waals surface area contributed by atoms with E-state index in [4.69, 9.17) is 4.74 Å². The molecule has 3 heterocycles. The summed E-state index contributed by atoms with van der Waals surface area (Å²) in [6.07, 6.45) is 5.11. The fraction of sp³-hybridized carbons (Fsp3) is 1.00. The molecule has 1 spiro atoms. The summed E-state index contributed by atoms with van der Waals surface area (Å²) in [4.78, 5) is 0. The quantitative estimate of drug-likeness (QED) is 0.838. The zero-order valence-corrected chi connectivity index (χ0v) is 15.6. The van der Waals surface area contributed by atoms with E-state index in [2.05, 4.69) is 47.5 Å². The first-order valence-electron chi connectivity index (χ1n) is 8.47. The monoisotopic (exact) mass is 347 g/mol. The minimum atomic E-state index is 0.230. The van der Waals surface area contributed by atoms with Crippen molar-refractivity contribution in [3.8, 4) is 0 Å². The van der Waals surface area contributed by atoms with Crippen molar-refractivity contribution >= 4 is 35.3 Å². The molecule has 3 saturated heterocycles. The van der Waals surface area contributed by atoms with Gasteiger partial charge in [-0.1, -0.05) is 6.92 Å². The highest BCUT2D eigenvalue weighted by Crippen LogP contribution is 2.42. The lowest BCUT2D eigenvalue weighted by atomic mass is 9.78. The van der Waals surface area contributed by atoms with Crippen LogP contribution in [0.4, 0.5) is 0 Å². The maximum atomic E-state index is 6.30. The summed E-state index contributed by atoms with van der Waals surface area (Å²) in [7, 11) is 0. The van der Waals surface area contributed by atoms with Crippen LogP contribution in [0.15, 0.2) is 0 Å². The molecule has 0 aliphatic carbocycles.